The summed E-state index contributed by atoms with van der Waals surface area (Å²) >= 11 is 0. The molecule has 0 amide bonds. The van der Waals surface area contributed by atoms with Gasteiger partial charge in [-0.05, 0) is 63.9 Å². The Morgan fingerprint density at radius 2 is 1.85 bits per heavy atom. The Morgan fingerprint density at radius 3 is 2.53 bits per heavy atom. The summed E-state index contributed by atoms with van der Waals surface area (Å²) in [6.45, 7) is 10.9. The first-order valence-electron chi connectivity index (χ1n) is 12.6. The largest absolute Gasteiger partial charge is 0.487 e. The maximum Gasteiger partial charge on any atom is 0.159 e. The summed E-state index contributed by atoms with van der Waals surface area (Å²) < 4.78 is 5.94. The summed E-state index contributed by atoms with van der Waals surface area (Å²) in [6.07, 6.45) is 8.64. The SMILES string of the molecule is C=C(COc1ccc(C(C)=O)cc1)N1CCCN=CN=C(N(C)CCN(C)C2CCC2)CCC1. The molecule has 0 unspecified atom stereocenters. The van der Waals surface area contributed by atoms with Crippen LogP contribution in [0, 0.1) is 0 Å². The number of ether oxygens (including phenoxy) is 1. The molecule has 0 aromatic heterocycles. The zero-order chi connectivity index (χ0) is 24.3. The highest BCUT2D eigenvalue weighted by Crippen LogP contribution is 2.23. The van der Waals surface area contributed by atoms with Crippen LogP contribution in [-0.4, -0.2) is 92.1 Å². The molecule has 7 heteroatoms. The molecule has 1 heterocycles. The first-order valence-corrected chi connectivity index (χ1v) is 12.6. The Balaban J connectivity index is 1.48. The minimum absolute atomic E-state index is 0.0566. The van der Waals surface area contributed by atoms with E-state index in [0.717, 1.165) is 75.3 Å². The van der Waals surface area contributed by atoms with Crippen molar-refractivity contribution in [3.05, 3.63) is 42.1 Å². The van der Waals surface area contributed by atoms with Gasteiger partial charge in [0, 0.05) is 63.5 Å². The Morgan fingerprint density at radius 1 is 1.12 bits per heavy atom. The second-order valence-electron chi connectivity index (χ2n) is 9.43. The minimum Gasteiger partial charge on any atom is -0.487 e. The van der Waals surface area contributed by atoms with Gasteiger partial charge in [0.15, 0.2) is 5.78 Å². The number of benzene rings is 1. The maximum atomic E-state index is 11.5. The van der Waals surface area contributed by atoms with Crippen molar-refractivity contribution in [3.8, 4) is 5.75 Å². The Kier molecular flexibility index (Phi) is 10.1. The molecule has 0 radical (unpaired) electrons. The average molecular weight is 468 g/mol. The Labute approximate surface area is 205 Å². The second kappa shape index (κ2) is 13.3. The number of ketones is 1. The average Bonchev–Trinajstić information content (AvgIpc) is 2.85. The Hall–Kier alpha value is -2.67. The number of carbonyl (C=O) groups excluding carboxylic acids is 1. The van der Waals surface area contributed by atoms with Crippen LogP contribution in [0.4, 0.5) is 0 Å². The number of Topliss-reactive ketones (excluding diaryl/α,β-unsaturated/α-hetero) is 1. The predicted molar refractivity (Wildman–Crippen MR) is 140 cm³/mol. The van der Waals surface area contributed by atoms with Crippen LogP contribution < -0.4 is 4.74 Å². The predicted octanol–water partition coefficient (Wildman–Crippen LogP) is 4.11. The lowest BCUT2D eigenvalue weighted by atomic mass is 9.92. The first-order chi connectivity index (χ1) is 16.4. The molecule has 1 aromatic carbocycles. The molecule has 1 saturated carbocycles. The molecule has 0 N–H and O–H groups in total. The van der Waals surface area contributed by atoms with Crippen LogP contribution >= 0.6 is 0 Å². The topological polar surface area (TPSA) is 60.7 Å². The van der Waals surface area contributed by atoms with Crippen LogP contribution in [0.5, 0.6) is 5.75 Å². The molecule has 0 atom stereocenters. The van der Waals surface area contributed by atoms with Crippen LogP contribution in [0.1, 0.15) is 55.8 Å². The van der Waals surface area contributed by atoms with Crippen molar-refractivity contribution >= 4 is 18.0 Å². The van der Waals surface area contributed by atoms with Gasteiger partial charge in [-0.1, -0.05) is 13.0 Å². The quantitative estimate of drug-likeness (QED) is 0.512. The summed E-state index contributed by atoms with van der Waals surface area (Å²) in [4.78, 5) is 27.7. The molecule has 0 saturated heterocycles. The summed E-state index contributed by atoms with van der Waals surface area (Å²) in [5.41, 5.74) is 1.66. The number of carbonyl (C=O) groups is 1. The highest BCUT2D eigenvalue weighted by Gasteiger charge is 2.22. The number of likely N-dealkylation sites (N-methyl/N-ethyl adjacent to an activating group) is 2. The monoisotopic (exact) mass is 467 g/mol. The van der Waals surface area contributed by atoms with Crippen molar-refractivity contribution < 1.29 is 9.53 Å². The van der Waals surface area contributed by atoms with Crippen LogP contribution in [0.2, 0.25) is 0 Å². The lowest BCUT2D eigenvalue weighted by Crippen LogP contribution is -2.42. The van der Waals surface area contributed by atoms with Crippen LogP contribution in [0.3, 0.4) is 0 Å². The molecule has 34 heavy (non-hydrogen) atoms. The zero-order valence-electron chi connectivity index (χ0n) is 21.2. The third kappa shape index (κ3) is 7.97. The standard InChI is InChI=1S/C27H41N5O2/c1-22(20-34-26-13-11-24(12-14-26)23(2)33)32-16-6-10-27(29-21-28-15-7-17-32)31(4)19-18-30(3)25-8-5-9-25/h11-14,21,25H,1,5-10,15-20H2,2-4H3. The number of amidine groups is 1. The molecule has 0 spiro atoms. The number of hydrogen-bond acceptors (Lipinski definition) is 7. The van der Waals surface area contributed by atoms with Gasteiger partial charge in [0.25, 0.3) is 0 Å². The molecule has 2 aliphatic rings. The fourth-order valence-corrected chi connectivity index (χ4v) is 4.22. The van der Waals surface area contributed by atoms with Crippen molar-refractivity contribution in [2.75, 3.05) is 53.4 Å². The van der Waals surface area contributed by atoms with E-state index in [1.54, 1.807) is 25.4 Å². The van der Waals surface area contributed by atoms with E-state index in [4.69, 9.17) is 9.73 Å². The Bertz CT molecular complexity index is 860. The van der Waals surface area contributed by atoms with Gasteiger partial charge < -0.3 is 19.4 Å². The zero-order valence-corrected chi connectivity index (χ0v) is 21.2. The summed E-state index contributed by atoms with van der Waals surface area (Å²) in [6, 6.07) is 8.04. The third-order valence-corrected chi connectivity index (χ3v) is 6.87. The first kappa shape index (κ1) is 25.9. The van der Waals surface area contributed by atoms with Gasteiger partial charge >= 0.3 is 0 Å². The highest BCUT2D eigenvalue weighted by atomic mass is 16.5. The van der Waals surface area contributed by atoms with Crippen LogP contribution in [-0.2, 0) is 0 Å². The molecule has 0 bridgehead atoms. The fraction of sp³-hybridized carbons (Fsp3) is 0.593. The van der Waals surface area contributed by atoms with E-state index >= 15 is 0 Å². The van der Waals surface area contributed by atoms with Gasteiger partial charge in [0.05, 0.1) is 0 Å². The molecule has 1 aromatic rings. The molecular weight excluding hydrogens is 426 g/mol. The van der Waals surface area contributed by atoms with E-state index < -0.39 is 0 Å². The smallest absolute Gasteiger partial charge is 0.159 e. The van der Waals surface area contributed by atoms with E-state index in [2.05, 4.69) is 40.4 Å². The van der Waals surface area contributed by atoms with Crippen LogP contribution in [0.25, 0.3) is 0 Å². The molecular formula is C27H41N5O2. The fourth-order valence-electron chi connectivity index (χ4n) is 4.22. The number of hydrogen-bond donors (Lipinski definition) is 0. The summed E-state index contributed by atoms with van der Waals surface area (Å²) in [7, 11) is 4.38. The van der Waals surface area contributed by atoms with Crippen molar-refractivity contribution in [1.29, 1.82) is 0 Å². The number of aliphatic imine (C=N–C) groups is 2. The lowest BCUT2D eigenvalue weighted by Gasteiger charge is -2.36. The normalized spacial score (nSPS) is 17.5. The molecule has 1 aliphatic heterocycles. The third-order valence-electron chi connectivity index (χ3n) is 6.87. The number of rotatable bonds is 9. The molecule has 3 rings (SSSR count). The van der Waals surface area contributed by atoms with E-state index in [-0.39, 0.29) is 5.78 Å². The highest BCUT2D eigenvalue weighted by molar-refractivity contribution is 5.94. The van der Waals surface area contributed by atoms with Crippen molar-refractivity contribution in [2.45, 2.75) is 51.5 Å². The van der Waals surface area contributed by atoms with Crippen LogP contribution in [0.15, 0.2) is 46.5 Å². The van der Waals surface area contributed by atoms with Gasteiger partial charge in [-0.2, -0.15) is 0 Å². The van der Waals surface area contributed by atoms with Gasteiger partial charge in [-0.25, -0.2) is 4.99 Å². The van der Waals surface area contributed by atoms with Crippen molar-refractivity contribution in [3.63, 3.8) is 0 Å². The van der Waals surface area contributed by atoms with E-state index in [1.807, 2.05) is 12.1 Å². The van der Waals surface area contributed by atoms with Gasteiger partial charge in [0.2, 0.25) is 0 Å². The molecule has 1 aliphatic carbocycles. The van der Waals surface area contributed by atoms with Crippen molar-refractivity contribution in [1.82, 2.24) is 14.7 Å². The number of nitrogens with zero attached hydrogens (tertiary/aromatic N) is 5. The van der Waals surface area contributed by atoms with Gasteiger partial charge in [-0.15, -0.1) is 0 Å². The van der Waals surface area contributed by atoms with E-state index in [9.17, 15) is 4.79 Å². The van der Waals surface area contributed by atoms with Gasteiger partial charge in [0.1, 0.15) is 24.5 Å². The van der Waals surface area contributed by atoms with Crippen molar-refractivity contribution in [2.24, 2.45) is 9.98 Å². The minimum atomic E-state index is 0.0566. The van der Waals surface area contributed by atoms with E-state index in [1.165, 1.54) is 19.3 Å². The lowest BCUT2D eigenvalue weighted by molar-refractivity contribution is 0.101. The maximum absolute atomic E-state index is 11.5. The second-order valence-corrected chi connectivity index (χ2v) is 9.43. The molecule has 186 valence electrons. The van der Waals surface area contributed by atoms with E-state index in [0.29, 0.717) is 12.2 Å². The summed E-state index contributed by atoms with van der Waals surface area (Å²) in [5.74, 6) is 1.90. The molecule has 7 nitrogen and oxygen atoms in total. The summed E-state index contributed by atoms with van der Waals surface area (Å²) in [5, 5.41) is 0. The van der Waals surface area contributed by atoms with Gasteiger partial charge in [-0.3, -0.25) is 9.79 Å². The molecule has 1 fully saturated rings.